The predicted octanol–water partition coefficient (Wildman–Crippen LogP) is 5.47. The van der Waals surface area contributed by atoms with E-state index in [1.165, 1.54) is 6.21 Å². The summed E-state index contributed by atoms with van der Waals surface area (Å²) in [5.74, 6) is 0.654. The normalized spacial score (nSPS) is 10.9. The lowest BCUT2D eigenvalue weighted by Gasteiger charge is -2.14. The van der Waals surface area contributed by atoms with E-state index in [0.717, 1.165) is 20.3 Å². The maximum Gasteiger partial charge on any atom is 0.344 e. The summed E-state index contributed by atoms with van der Waals surface area (Å²) in [4.78, 5) is 24.4. The van der Waals surface area contributed by atoms with Crippen LogP contribution in [-0.4, -0.2) is 24.7 Å². The van der Waals surface area contributed by atoms with Crippen molar-refractivity contribution >= 4 is 40.7 Å². The van der Waals surface area contributed by atoms with Crippen LogP contribution in [0, 0.1) is 10.5 Å². The van der Waals surface area contributed by atoms with Crippen LogP contribution >= 0.6 is 22.6 Å². The molecule has 0 aromatic heterocycles. The van der Waals surface area contributed by atoms with Gasteiger partial charge in [-0.3, -0.25) is 4.79 Å². The highest BCUT2D eigenvalue weighted by molar-refractivity contribution is 14.1. The number of hydrogen-bond acceptors (Lipinski definition) is 5. The molecule has 0 radical (unpaired) electrons. The van der Waals surface area contributed by atoms with Crippen molar-refractivity contribution in [2.24, 2.45) is 5.10 Å². The van der Waals surface area contributed by atoms with E-state index in [2.05, 4.69) is 47.0 Å². The number of nitrogens with one attached hydrogen (secondary N) is 1. The second-order valence-electron chi connectivity index (χ2n) is 7.72. The number of benzene rings is 3. The number of hydrazone groups is 1. The first kappa shape index (κ1) is 24.4. The second kappa shape index (κ2) is 11.6. The minimum atomic E-state index is -0.414. The number of carbonyl (C=O) groups is 2. The highest BCUT2D eigenvalue weighted by Crippen LogP contribution is 2.27. The third-order valence-electron chi connectivity index (χ3n) is 4.74. The van der Waals surface area contributed by atoms with E-state index in [0.29, 0.717) is 23.0 Å². The summed E-state index contributed by atoms with van der Waals surface area (Å²) in [5.41, 5.74) is 5.84. The molecule has 3 aromatic carbocycles. The van der Waals surface area contributed by atoms with Gasteiger partial charge in [0.25, 0.3) is 5.91 Å². The van der Waals surface area contributed by atoms with E-state index in [4.69, 9.17) is 9.47 Å². The van der Waals surface area contributed by atoms with Crippen LogP contribution in [-0.2, 0) is 4.79 Å². The number of nitrogens with zero attached hydrogens (tertiary/aromatic N) is 1. The number of hydrogen-bond donors (Lipinski definition) is 1. The summed E-state index contributed by atoms with van der Waals surface area (Å²) in [7, 11) is 0. The van der Waals surface area contributed by atoms with Crippen molar-refractivity contribution in [1.29, 1.82) is 0 Å². The van der Waals surface area contributed by atoms with Gasteiger partial charge in [-0.2, -0.15) is 5.10 Å². The van der Waals surface area contributed by atoms with Crippen LogP contribution in [0.15, 0.2) is 71.8 Å². The predicted molar refractivity (Wildman–Crippen MR) is 137 cm³/mol. The molecule has 0 unspecified atom stereocenters. The lowest BCUT2D eigenvalue weighted by molar-refractivity contribution is -0.123. The van der Waals surface area contributed by atoms with E-state index in [1.807, 2.05) is 37.3 Å². The Kier molecular flexibility index (Phi) is 8.59. The molecule has 7 heteroatoms. The van der Waals surface area contributed by atoms with Crippen LogP contribution in [0.1, 0.15) is 46.8 Å². The number of amides is 1. The van der Waals surface area contributed by atoms with Gasteiger partial charge in [0.2, 0.25) is 0 Å². The molecule has 0 saturated carbocycles. The molecular formula is C26H25IN2O4. The summed E-state index contributed by atoms with van der Waals surface area (Å²) in [5, 5.41) is 3.97. The van der Waals surface area contributed by atoms with Crippen LogP contribution < -0.4 is 14.9 Å². The van der Waals surface area contributed by atoms with Gasteiger partial charge in [0.05, 0.1) is 11.8 Å². The first-order chi connectivity index (χ1) is 15.8. The standard InChI is InChI=1S/C26H25IN2O4/c1-17(2)21-13-8-18(3)14-24(21)32-16-25(30)29-28-15-19-9-11-20(12-10-19)33-26(31)22-6-4-5-7-23(22)27/h4-15,17H,16H2,1-3H3,(H,29,30)/b28-15+. The molecule has 0 bridgehead atoms. The Balaban J connectivity index is 1.50. The fraction of sp³-hybridized carbons (Fsp3) is 0.192. The molecule has 33 heavy (non-hydrogen) atoms. The molecule has 0 aliphatic rings. The first-order valence-corrected chi connectivity index (χ1v) is 11.5. The van der Waals surface area contributed by atoms with Gasteiger partial charge in [-0.05, 0) is 94.6 Å². The Morgan fingerprint density at radius 1 is 1.06 bits per heavy atom. The third-order valence-corrected chi connectivity index (χ3v) is 5.68. The molecular weight excluding hydrogens is 531 g/mol. The lowest BCUT2D eigenvalue weighted by atomic mass is 10.0. The molecule has 0 heterocycles. The molecule has 0 fully saturated rings. The van der Waals surface area contributed by atoms with E-state index < -0.39 is 5.97 Å². The van der Waals surface area contributed by atoms with Crippen LogP contribution in [0.3, 0.4) is 0 Å². The maximum absolute atomic E-state index is 12.3. The lowest BCUT2D eigenvalue weighted by Crippen LogP contribution is -2.25. The SMILES string of the molecule is Cc1ccc(C(C)C)c(OCC(=O)N/N=C/c2ccc(OC(=O)c3ccccc3I)cc2)c1. The van der Waals surface area contributed by atoms with Crippen molar-refractivity contribution in [3.63, 3.8) is 0 Å². The number of esters is 1. The van der Waals surface area contributed by atoms with Gasteiger partial charge in [-0.25, -0.2) is 10.2 Å². The second-order valence-corrected chi connectivity index (χ2v) is 8.88. The van der Waals surface area contributed by atoms with Gasteiger partial charge < -0.3 is 9.47 Å². The molecule has 0 atom stereocenters. The summed E-state index contributed by atoms with van der Waals surface area (Å²) in [6.45, 7) is 6.01. The Bertz CT molecular complexity index is 1160. The summed E-state index contributed by atoms with van der Waals surface area (Å²) < 4.78 is 11.9. The molecule has 170 valence electrons. The van der Waals surface area contributed by atoms with E-state index in [1.54, 1.807) is 36.4 Å². The van der Waals surface area contributed by atoms with Crippen molar-refractivity contribution in [3.8, 4) is 11.5 Å². The van der Waals surface area contributed by atoms with Crippen molar-refractivity contribution in [3.05, 3.63) is 92.6 Å². The minimum absolute atomic E-state index is 0.131. The molecule has 0 aliphatic carbocycles. The Morgan fingerprint density at radius 3 is 2.48 bits per heavy atom. The van der Waals surface area contributed by atoms with Gasteiger partial charge >= 0.3 is 5.97 Å². The molecule has 0 spiro atoms. The van der Waals surface area contributed by atoms with Crippen molar-refractivity contribution in [1.82, 2.24) is 5.43 Å². The molecule has 1 N–H and O–H groups in total. The summed E-state index contributed by atoms with van der Waals surface area (Å²) in [6, 6.07) is 20.0. The number of rotatable bonds is 8. The fourth-order valence-corrected chi connectivity index (χ4v) is 3.62. The zero-order valence-electron chi connectivity index (χ0n) is 18.7. The zero-order chi connectivity index (χ0) is 23.8. The van der Waals surface area contributed by atoms with Crippen LogP contribution in [0.2, 0.25) is 0 Å². The van der Waals surface area contributed by atoms with Crippen molar-refractivity contribution in [2.45, 2.75) is 26.7 Å². The fourth-order valence-electron chi connectivity index (χ4n) is 3.01. The quantitative estimate of drug-likeness (QED) is 0.131. The minimum Gasteiger partial charge on any atom is -0.483 e. The molecule has 6 nitrogen and oxygen atoms in total. The average Bonchev–Trinajstić information content (AvgIpc) is 2.79. The molecule has 1 amide bonds. The van der Waals surface area contributed by atoms with Crippen LogP contribution in [0.25, 0.3) is 0 Å². The highest BCUT2D eigenvalue weighted by Gasteiger charge is 2.12. The number of aryl methyl sites for hydroxylation is 1. The van der Waals surface area contributed by atoms with Gasteiger partial charge in [-0.15, -0.1) is 0 Å². The number of carbonyl (C=O) groups excluding carboxylic acids is 2. The zero-order valence-corrected chi connectivity index (χ0v) is 20.8. The van der Waals surface area contributed by atoms with Gasteiger partial charge in [0.15, 0.2) is 6.61 Å². The van der Waals surface area contributed by atoms with Crippen molar-refractivity contribution < 1.29 is 19.1 Å². The number of halogens is 1. The monoisotopic (exact) mass is 556 g/mol. The van der Waals surface area contributed by atoms with Crippen LogP contribution in [0.4, 0.5) is 0 Å². The molecule has 0 saturated heterocycles. The van der Waals surface area contributed by atoms with Crippen LogP contribution in [0.5, 0.6) is 11.5 Å². The Morgan fingerprint density at radius 2 is 1.79 bits per heavy atom. The van der Waals surface area contributed by atoms with Crippen molar-refractivity contribution in [2.75, 3.05) is 6.61 Å². The Labute approximate surface area is 207 Å². The topological polar surface area (TPSA) is 77.0 Å². The van der Waals surface area contributed by atoms with Gasteiger partial charge in [0.1, 0.15) is 11.5 Å². The first-order valence-electron chi connectivity index (χ1n) is 10.5. The van der Waals surface area contributed by atoms with E-state index in [9.17, 15) is 9.59 Å². The third kappa shape index (κ3) is 7.15. The maximum atomic E-state index is 12.3. The van der Waals surface area contributed by atoms with Gasteiger partial charge in [-0.1, -0.05) is 38.1 Å². The van der Waals surface area contributed by atoms with Gasteiger partial charge in [0, 0.05) is 3.57 Å². The van der Waals surface area contributed by atoms with E-state index >= 15 is 0 Å². The average molecular weight is 556 g/mol. The largest absolute Gasteiger partial charge is 0.483 e. The smallest absolute Gasteiger partial charge is 0.344 e. The molecule has 3 rings (SSSR count). The molecule has 0 aliphatic heterocycles. The molecule has 3 aromatic rings. The highest BCUT2D eigenvalue weighted by atomic mass is 127. The number of ether oxygens (including phenoxy) is 2. The van der Waals surface area contributed by atoms with E-state index in [-0.39, 0.29) is 12.5 Å². The summed E-state index contributed by atoms with van der Waals surface area (Å²) in [6.07, 6.45) is 1.51. The summed E-state index contributed by atoms with van der Waals surface area (Å²) >= 11 is 2.10. The Hall–Kier alpha value is -3.20.